The first-order valence-electron chi connectivity index (χ1n) is 4.75. The summed E-state index contributed by atoms with van der Waals surface area (Å²) in [5, 5.41) is 3.63. The van der Waals surface area contributed by atoms with E-state index in [2.05, 4.69) is 17.2 Å². The summed E-state index contributed by atoms with van der Waals surface area (Å²) in [6.07, 6.45) is 0.833. The highest BCUT2D eigenvalue weighted by Crippen LogP contribution is 2.24. The zero-order chi connectivity index (χ0) is 11.1. The number of methoxy groups -OCH3 is 1. The molecular formula is C12H14ClNO. The fourth-order valence-corrected chi connectivity index (χ4v) is 1.35. The quantitative estimate of drug-likeness (QED) is 0.627. The van der Waals surface area contributed by atoms with Crippen LogP contribution in [0.25, 0.3) is 0 Å². The van der Waals surface area contributed by atoms with Crippen molar-refractivity contribution in [3.63, 3.8) is 0 Å². The van der Waals surface area contributed by atoms with Crippen LogP contribution < -0.4 is 10.1 Å². The van der Waals surface area contributed by atoms with E-state index in [1.807, 2.05) is 25.2 Å². The molecule has 0 bridgehead atoms. The Kier molecular flexibility index (Phi) is 5.03. The fourth-order valence-electron chi connectivity index (χ4n) is 1.10. The molecule has 1 aromatic rings. The van der Waals surface area contributed by atoms with Gasteiger partial charge in [0.2, 0.25) is 0 Å². The molecule has 0 unspecified atom stereocenters. The van der Waals surface area contributed by atoms with Gasteiger partial charge in [0.25, 0.3) is 0 Å². The Bertz CT molecular complexity index is 379. The van der Waals surface area contributed by atoms with Crippen molar-refractivity contribution in [1.82, 2.24) is 5.32 Å². The van der Waals surface area contributed by atoms with Crippen molar-refractivity contribution >= 4 is 11.6 Å². The fraction of sp³-hybridized carbons (Fsp3) is 0.333. The minimum Gasteiger partial charge on any atom is -0.495 e. The zero-order valence-electron chi connectivity index (χ0n) is 8.93. The monoisotopic (exact) mass is 223 g/mol. The minimum absolute atomic E-state index is 0.595. The van der Waals surface area contributed by atoms with Crippen molar-refractivity contribution in [1.29, 1.82) is 0 Å². The highest BCUT2D eigenvalue weighted by Gasteiger charge is 1.99. The van der Waals surface area contributed by atoms with E-state index >= 15 is 0 Å². The van der Waals surface area contributed by atoms with Gasteiger partial charge in [0, 0.05) is 18.5 Å². The van der Waals surface area contributed by atoms with Gasteiger partial charge in [-0.1, -0.05) is 23.4 Å². The Morgan fingerprint density at radius 3 is 2.87 bits per heavy atom. The molecule has 0 atom stereocenters. The first-order valence-corrected chi connectivity index (χ1v) is 5.12. The molecule has 0 radical (unpaired) electrons. The van der Waals surface area contributed by atoms with Crippen LogP contribution >= 0.6 is 11.6 Å². The molecular weight excluding hydrogens is 210 g/mol. The van der Waals surface area contributed by atoms with E-state index in [0.717, 1.165) is 18.5 Å². The van der Waals surface area contributed by atoms with E-state index in [1.165, 1.54) is 0 Å². The van der Waals surface area contributed by atoms with Crippen LogP contribution in [-0.4, -0.2) is 20.7 Å². The number of hydrogen-bond donors (Lipinski definition) is 1. The molecule has 0 spiro atoms. The topological polar surface area (TPSA) is 21.3 Å². The molecule has 2 nitrogen and oxygen atoms in total. The molecule has 0 aliphatic heterocycles. The van der Waals surface area contributed by atoms with Crippen molar-refractivity contribution in [2.24, 2.45) is 0 Å². The molecule has 1 aromatic carbocycles. The minimum atomic E-state index is 0.595. The lowest BCUT2D eigenvalue weighted by molar-refractivity contribution is 0.415. The number of rotatable bonds is 3. The van der Waals surface area contributed by atoms with Gasteiger partial charge in [-0.3, -0.25) is 0 Å². The summed E-state index contributed by atoms with van der Waals surface area (Å²) in [4.78, 5) is 0. The van der Waals surface area contributed by atoms with Crippen LogP contribution in [0.3, 0.4) is 0 Å². The van der Waals surface area contributed by atoms with Crippen LogP contribution in [-0.2, 0) is 0 Å². The highest BCUT2D eigenvalue weighted by atomic mass is 35.5. The summed E-state index contributed by atoms with van der Waals surface area (Å²) in [5.41, 5.74) is 0.914. The Morgan fingerprint density at radius 2 is 2.27 bits per heavy atom. The lowest BCUT2D eigenvalue weighted by Crippen LogP contribution is -2.05. The summed E-state index contributed by atoms with van der Waals surface area (Å²) in [6.45, 7) is 0.900. The van der Waals surface area contributed by atoms with Crippen molar-refractivity contribution in [2.75, 3.05) is 20.7 Å². The van der Waals surface area contributed by atoms with E-state index in [-0.39, 0.29) is 0 Å². The van der Waals surface area contributed by atoms with Crippen molar-refractivity contribution in [3.8, 4) is 17.6 Å². The van der Waals surface area contributed by atoms with Crippen LogP contribution in [0.4, 0.5) is 0 Å². The second-order valence-corrected chi connectivity index (χ2v) is 3.41. The van der Waals surface area contributed by atoms with Crippen LogP contribution in [0.5, 0.6) is 5.75 Å². The third-order valence-electron chi connectivity index (χ3n) is 1.88. The Hall–Kier alpha value is -1.17. The normalized spacial score (nSPS) is 9.27. The largest absolute Gasteiger partial charge is 0.495 e. The zero-order valence-corrected chi connectivity index (χ0v) is 9.69. The molecule has 0 saturated heterocycles. The van der Waals surface area contributed by atoms with Gasteiger partial charge in [-0.25, -0.2) is 0 Å². The summed E-state index contributed by atoms with van der Waals surface area (Å²) < 4.78 is 5.05. The average Bonchev–Trinajstić information content (AvgIpc) is 2.25. The van der Waals surface area contributed by atoms with Gasteiger partial charge in [0.15, 0.2) is 0 Å². The maximum Gasteiger partial charge on any atom is 0.137 e. The van der Waals surface area contributed by atoms with E-state index in [1.54, 1.807) is 7.11 Å². The molecule has 0 amide bonds. The maximum atomic E-state index is 5.96. The summed E-state index contributed by atoms with van der Waals surface area (Å²) >= 11 is 5.96. The predicted molar refractivity (Wildman–Crippen MR) is 63.4 cm³/mol. The van der Waals surface area contributed by atoms with Crippen molar-refractivity contribution in [3.05, 3.63) is 28.8 Å². The van der Waals surface area contributed by atoms with E-state index in [4.69, 9.17) is 16.3 Å². The predicted octanol–water partition coefficient (Wildman–Crippen LogP) is 2.31. The summed E-state index contributed by atoms with van der Waals surface area (Å²) in [7, 11) is 3.51. The average molecular weight is 224 g/mol. The number of halogens is 1. The molecule has 0 aliphatic carbocycles. The lowest BCUT2D eigenvalue weighted by atomic mass is 10.2. The third-order valence-corrected chi connectivity index (χ3v) is 2.18. The van der Waals surface area contributed by atoms with Crippen molar-refractivity contribution in [2.45, 2.75) is 6.42 Å². The smallest absolute Gasteiger partial charge is 0.137 e. The van der Waals surface area contributed by atoms with Crippen molar-refractivity contribution < 1.29 is 4.74 Å². The number of benzene rings is 1. The van der Waals surface area contributed by atoms with E-state index in [0.29, 0.717) is 10.8 Å². The molecule has 0 heterocycles. The summed E-state index contributed by atoms with van der Waals surface area (Å²) in [5.74, 6) is 6.78. The van der Waals surface area contributed by atoms with Gasteiger partial charge >= 0.3 is 0 Å². The molecule has 3 heteroatoms. The lowest BCUT2D eigenvalue weighted by Gasteiger charge is -2.01. The first-order chi connectivity index (χ1) is 7.27. The third kappa shape index (κ3) is 3.83. The number of nitrogens with one attached hydrogen (secondary N) is 1. The Labute approximate surface area is 95.6 Å². The number of ether oxygens (including phenoxy) is 1. The highest BCUT2D eigenvalue weighted by molar-refractivity contribution is 6.32. The Morgan fingerprint density at radius 1 is 1.47 bits per heavy atom. The maximum absolute atomic E-state index is 5.96. The number of hydrogen-bond acceptors (Lipinski definition) is 2. The molecule has 0 fully saturated rings. The molecule has 0 aromatic heterocycles. The molecule has 0 saturated carbocycles. The van der Waals surface area contributed by atoms with Crippen LogP contribution in [0.2, 0.25) is 5.02 Å². The van der Waals surface area contributed by atoms with Gasteiger partial charge in [0.1, 0.15) is 5.75 Å². The molecule has 1 rings (SSSR count). The van der Waals surface area contributed by atoms with Gasteiger partial charge < -0.3 is 10.1 Å². The van der Waals surface area contributed by atoms with Crippen LogP contribution in [0.1, 0.15) is 12.0 Å². The van der Waals surface area contributed by atoms with Gasteiger partial charge in [0.05, 0.1) is 12.1 Å². The SMILES string of the molecule is CNCCC#Cc1ccc(OC)c(Cl)c1. The first kappa shape index (κ1) is 11.9. The molecule has 0 aliphatic rings. The molecule has 1 N–H and O–H groups in total. The van der Waals surface area contributed by atoms with E-state index < -0.39 is 0 Å². The molecule has 15 heavy (non-hydrogen) atoms. The van der Waals surface area contributed by atoms with Crippen LogP contribution in [0.15, 0.2) is 18.2 Å². The van der Waals surface area contributed by atoms with Crippen LogP contribution in [0, 0.1) is 11.8 Å². The second-order valence-electron chi connectivity index (χ2n) is 3.00. The van der Waals surface area contributed by atoms with E-state index in [9.17, 15) is 0 Å². The van der Waals surface area contributed by atoms with Gasteiger partial charge in [-0.05, 0) is 25.2 Å². The second kappa shape index (κ2) is 6.34. The van der Waals surface area contributed by atoms with Gasteiger partial charge in [-0.2, -0.15) is 0 Å². The summed E-state index contributed by atoms with van der Waals surface area (Å²) in [6, 6.07) is 5.54. The standard InChI is InChI=1S/C12H14ClNO/c1-14-8-4-3-5-10-6-7-12(15-2)11(13)9-10/h6-7,9,14H,4,8H2,1-2H3. The Balaban J connectivity index is 2.69. The van der Waals surface area contributed by atoms with Gasteiger partial charge in [-0.15, -0.1) is 0 Å². The molecule has 80 valence electrons.